The van der Waals surface area contributed by atoms with Crippen LogP contribution in [-0.2, 0) is 16.6 Å². The highest BCUT2D eigenvalue weighted by Crippen LogP contribution is 2.38. The third kappa shape index (κ3) is 5.21. The van der Waals surface area contributed by atoms with Gasteiger partial charge < -0.3 is 14.6 Å². The van der Waals surface area contributed by atoms with Gasteiger partial charge in [-0.05, 0) is 45.0 Å². The fourth-order valence-corrected chi connectivity index (χ4v) is 5.70. The molecule has 0 amide bonds. The van der Waals surface area contributed by atoms with Gasteiger partial charge in [0.25, 0.3) is 16.4 Å². The number of hydrogen-bond donors (Lipinski definition) is 1. The van der Waals surface area contributed by atoms with Crippen molar-refractivity contribution in [3.05, 3.63) is 54.0 Å². The molecule has 4 aromatic heterocycles. The Morgan fingerprint density at radius 3 is 2.29 bits per heavy atom. The third-order valence-corrected chi connectivity index (χ3v) is 8.24. The molecule has 4 heterocycles. The van der Waals surface area contributed by atoms with E-state index in [1.54, 1.807) is 19.1 Å². The van der Waals surface area contributed by atoms with Gasteiger partial charge in [0.15, 0.2) is 11.3 Å². The number of ether oxygens (including phenoxy) is 1. The maximum absolute atomic E-state index is 13.8. The van der Waals surface area contributed by atoms with Gasteiger partial charge in [0.05, 0.1) is 29.6 Å². The van der Waals surface area contributed by atoms with Crippen LogP contribution in [0.1, 0.15) is 18.3 Å². The predicted octanol–water partition coefficient (Wildman–Crippen LogP) is 5.33. The quantitative estimate of drug-likeness (QED) is 0.235. The highest BCUT2D eigenvalue weighted by Gasteiger charge is 2.37. The molecule has 0 radical (unpaired) electrons. The number of nitrogens with one attached hydrogen (secondary N) is 1. The number of halogens is 5. The first kappa shape index (κ1) is 29.2. The summed E-state index contributed by atoms with van der Waals surface area (Å²) in [6.07, 6.45) is -6.24. The van der Waals surface area contributed by atoms with Crippen molar-refractivity contribution >= 4 is 38.0 Å². The van der Waals surface area contributed by atoms with Crippen LogP contribution in [0.25, 0.3) is 33.5 Å². The van der Waals surface area contributed by atoms with Gasteiger partial charge in [0, 0.05) is 11.8 Å². The smallest absolute Gasteiger partial charge is 0.408 e. The minimum absolute atomic E-state index is 0.0320. The lowest BCUT2D eigenvalue weighted by atomic mass is 10.1. The highest BCUT2D eigenvalue weighted by molar-refractivity contribution is 7.90. The molecule has 16 heteroatoms. The Morgan fingerprint density at radius 2 is 1.67 bits per heavy atom. The van der Waals surface area contributed by atoms with Crippen LogP contribution < -0.4 is 10.1 Å². The van der Waals surface area contributed by atoms with Crippen molar-refractivity contribution in [2.45, 2.75) is 50.9 Å². The second kappa shape index (κ2) is 10.5. The van der Waals surface area contributed by atoms with E-state index >= 15 is 0 Å². The lowest BCUT2D eigenvalue weighted by Gasteiger charge is -2.19. The molecule has 5 aromatic rings. The number of nitrogens with zero attached hydrogens (tertiary/aromatic N) is 6. The molecule has 0 unspecified atom stereocenters. The summed E-state index contributed by atoms with van der Waals surface area (Å²) in [5.41, 5.74) is 1.00. The van der Waals surface area contributed by atoms with Gasteiger partial charge in [-0.3, -0.25) is 0 Å². The first-order chi connectivity index (χ1) is 19.7. The number of imidazole rings is 1. The van der Waals surface area contributed by atoms with E-state index in [0.29, 0.717) is 5.52 Å². The first-order valence-corrected chi connectivity index (χ1v) is 13.9. The maximum Gasteiger partial charge on any atom is 0.408 e. The van der Waals surface area contributed by atoms with E-state index in [1.165, 1.54) is 42.9 Å². The molecular weight excluding hydrogens is 585 g/mol. The molecule has 5 rings (SSSR count). The van der Waals surface area contributed by atoms with Gasteiger partial charge in [0.1, 0.15) is 23.2 Å². The Hall–Kier alpha value is -4.34. The van der Waals surface area contributed by atoms with Crippen LogP contribution in [0.15, 0.2) is 47.5 Å². The summed E-state index contributed by atoms with van der Waals surface area (Å²) < 4.78 is 102. The van der Waals surface area contributed by atoms with Gasteiger partial charge in [-0.25, -0.2) is 31.1 Å². The molecule has 0 fully saturated rings. The Morgan fingerprint density at radius 1 is 0.976 bits per heavy atom. The van der Waals surface area contributed by atoms with Crippen molar-refractivity contribution in [1.29, 1.82) is 0 Å². The summed E-state index contributed by atoms with van der Waals surface area (Å²) in [4.78, 5) is 16.9. The molecule has 0 aliphatic heterocycles. The molecular formula is C26H24F5N7O3S. The molecule has 42 heavy (non-hydrogen) atoms. The van der Waals surface area contributed by atoms with Crippen molar-refractivity contribution < 1.29 is 35.1 Å². The van der Waals surface area contributed by atoms with Crippen LogP contribution in [-0.4, -0.2) is 62.6 Å². The van der Waals surface area contributed by atoms with Gasteiger partial charge in [0.2, 0.25) is 0 Å². The molecule has 1 aromatic carbocycles. The van der Waals surface area contributed by atoms with Crippen molar-refractivity contribution in [2.75, 3.05) is 12.4 Å². The van der Waals surface area contributed by atoms with Crippen LogP contribution >= 0.6 is 0 Å². The molecule has 0 aliphatic rings. The van der Waals surface area contributed by atoms with Crippen LogP contribution in [0.3, 0.4) is 0 Å². The van der Waals surface area contributed by atoms with Crippen LogP contribution in [0.2, 0.25) is 0 Å². The predicted molar refractivity (Wildman–Crippen MR) is 144 cm³/mol. The highest BCUT2D eigenvalue weighted by atomic mass is 32.2. The zero-order valence-electron chi connectivity index (χ0n) is 22.6. The number of aromatic nitrogens is 6. The van der Waals surface area contributed by atoms with Crippen molar-refractivity contribution in [3.8, 4) is 17.3 Å². The van der Waals surface area contributed by atoms with E-state index < -0.39 is 41.2 Å². The SMILES string of the molecule is COc1nc(N[C@H](C)C(F)(F)F)c2c(-c3ccc4nc(C)n(CC(F)F)c4n3)cn(S(=O)(=O)c3ccc(C)cc3)c2n1. The van der Waals surface area contributed by atoms with Gasteiger partial charge in [-0.2, -0.15) is 23.1 Å². The number of fused-ring (bicyclic) bond motifs is 2. The number of benzene rings is 1. The number of hydrogen-bond acceptors (Lipinski definition) is 8. The number of anilines is 1. The molecule has 1 atom stereocenters. The van der Waals surface area contributed by atoms with E-state index in [1.807, 2.05) is 0 Å². The van der Waals surface area contributed by atoms with Crippen LogP contribution in [0.5, 0.6) is 6.01 Å². The molecule has 10 nitrogen and oxygen atoms in total. The maximum atomic E-state index is 13.8. The summed E-state index contributed by atoms with van der Waals surface area (Å²) in [7, 11) is -3.17. The monoisotopic (exact) mass is 609 g/mol. The lowest BCUT2D eigenvalue weighted by molar-refractivity contribution is -0.138. The zero-order valence-corrected chi connectivity index (χ0v) is 23.4. The lowest BCUT2D eigenvalue weighted by Crippen LogP contribution is -2.33. The number of alkyl halides is 5. The Bertz CT molecular complexity index is 1900. The second-order valence-electron chi connectivity index (χ2n) is 9.52. The average Bonchev–Trinajstić information content (AvgIpc) is 3.46. The minimum atomic E-state index is -4.68. The van der Waals surface area contributed by atoms with Gasteiger partial charge >= 0.3 is 12.2 Å². The molecule has 0 saturated carbocycles. The normalized spacial score (nSPS) is 13.3. The van der Waals surface area contributed by atoms with Gasteiger partial charge in [-0.15, -0.1) is 0 Å². The standard InChI is InChI=1S/C26H24F5N7O3S/c1-13-5-7-16(8-6-13)42(39,40)38-11-17(18-9-10-19-23(34-18)37(12-20(27)28)15(3)33-19)21-22(32-14(2)26(29,30)31)35-25(41-4)36-24(21)38/h5-11,14,20H,12H2,1-4H3,(H,32,35,36)/t14-/m1/s1. The Balaban J connectivity index is 1.83. The first-order valence-electron chi connectivity index (χ1n) is 12.5. The Labute approximate surface area is 236 Å². The summed E-state index contributed by atoms with van der Waals surface area (Å²) in [6.45, 7) is 3.48. The summed E-state index contributed by atoms with van der Waals surface area (Å²) in [5, 5.41) is 2.19. The van der Waals surface area contributed by atoms with Crippen LogP contribution in [0.4, 0.5) is 27.8 Å². The number of pyridine rings is 1. The number of rotatable bonds is 8. The van der Waals surface area contributed by atoms with E-state index in [9.17, 15) is 30.4 Å². The molecule has 0 bridgehead atoms. The van der Waals surface area contributed by atoms with Crippen LogP contribution in [0, 0.1) is 13.8 Å². The summed E-state index contributed by atoms with van der Waals surface area (Å²) >= 11 is 0. The molecule has 0 aliphatic carbocycles. The minimum Gasteiger partial charge on any atom is -0.467 e. The number of aryl methyl sites for hydroxylation is 2. The Kier molecular flexibility index (Phi) is 7.28. The summed E-state index contributed by atoms with van der Waals surface area (Å²) in [5.74, 6) is -0.0950. The third-order valence-electron chi connectivity index (χ3n) is 6.58. The van der Waals surface area contributed by atoms with Gasteiger partial charge in [-0.1, -0.05) is 17.7 Å². The average molecular weight is 610 g/mol. The van der Waals surface area contributed by atoms with E-state index in [4.69, 9.17) is 4.74 Å². The zero-order chi connectivity index (χ0) is 30.6. The number of methoxy groups -OCH3 is 1. The fraction of sp³-hybridized carbons (Fsp3) is 0.308. The van der Waals surface area contributed by atoms with Crippen molar-refractivity contribution in [3.63, 3.8) is 0 Å². The van der Waals surface area contributed by atoms with Crippen molar-refractivity contribution in [2.24, 2.45) is 0 Å². The largest absolute Gasteiger partial charge is 0.467 e. The summed E-state index contributed by atoms with van der Waals surface area (Å²) in [6, 6.07) is 6.42. The van der Waals surface area contributed by atoms with E-state index in [2.05, 4.69) is 25.3 Å². The topological polar surface area (TPSA) is 117 Å². The molecule has 0 saturated heterocycles. The molecule has 1 N–H and O–H groups in total. The van der Waals surface area contributed by atoms with E-state index in [0.717, 1.165) is 22.7 Å². The second-order valence-corrected chi connectivity index (χ2v) is 11.3. The molecule has 222 valence electrons. The molecule has 0 spiro atoms. The fourth-order valence-electron chi connectivity index (χ4n) is 4.38. The van der Waals surface area contributed by atoms with E-state index in [-0.39, 0.29) is 44.5 Å². The van der Waals surface area contributed by atoms with Crippen molar-refractivity contribution in [1.82, 2.24) is 28.5 Å².